The highest BCUT2D eigenvalue weighted by Crippen LogP contribution is 2.36. The van der Waals surface area contributed by atoms with E-state index in [1.807, 2.05) is 7.05 Å². The van der Waals surface area contributed by atoms with Gasteiger partial charge in [-0.05, 0) is 24.3 Å². The molecule has 0 radical (unpaired) electrons. The average Bonchev–Trinajstić information content (AvgIpc) is 3.28. The van der Waals surface area contributed by atoms with Gasteiger partial charge >= 0.3 is 0 Å². The normalized spacial score (nSPS) is 22.2. The molecule has 128 valence electrons. The van der Waals surface area contributed by atoms with Gasteiger partial charge in [-0.3, -0.25) is 9.89 Å². The number of hydrogen-bond acceptors (Lipinski definition) is 4. The van der Waals surface area contributed by atoms with Crippen LogP contribution in [0.4, 0.5) is 0 Å². The summed E-state index contributed by atoms with van der Waals surface area (Å²) in [7, 11) is 1.86. The summed E-state index contributed by atoms with van der Waals surface area (Å²) in [6, 6.07) is 4.26. The Hall–Kier alpha value is -0.720. The van der Waals surface area contributed by atoms with Crippen LogP contribution in [0.2, 0.25) is 0 Å². The van der Waals surface area contributed by atoms with Gasteiger partial charge in [-0.1, -0.05) is 18.9 Å². The van der Waals surface area contributed by atoms with Crippen molar-refractivity contribution in [2.75, 3.05) is 38.2 Å². The Balaban J connectivity index is 1.54. The molecule has 0 amide bonds. The van der Waals surface area contributed by atoms with E-state index in [1.165, 1.54) is 55.2 Å². The molecule has 0 bridgehead atoms. The first-order valence-corrected chi connectivity index (χ1v) is 10.7. The van der Waals surface area contributed by atoms with Gasteiger partial charge in [0.15, 0.2) is 5.96 Å². The van der Waals surface area contributed by atoms with Gasteiger partial charge in [0.05, 0.1) is 6.54 Å². The van der Waals surface area contributed by atoms with Crippen LogP contribution in [0.3, 0.4) is 0 Å². The Morgan fingerprint density at radius 3 is 2.70 bits per heavy atom. The first-order valence-electron chi connectivity index (χ1n) is 8.62. The lowest BCUT2D eigenvalue weighted by atomic mass is 9.94. The van der Waals surface area contributed by atoms with Crippen LogP contribution in [-0.4, -0.2) is 54.6 Å². The summed E-state index contributed by atoms with van der Waals surface area (Å²) in [5, 5.41) is 9.17. The standard InChI is InChI=1S/C17H28N4S2/c1-18-16(19-13-15-5-4-10-23-15)20-14-17(6-2-3-7-17)21-8-11-22-12-9-21/h4-5,10H,2-3,6-9,11-14H2,1H3,(H2,18,19,20). The summed E-state index contributed by atoms with van der Waals surface area (Å²) in [5.74, 6) is 3.50. The number of nitrogens with one attached hydrogen (secondary N) is 2. The molecule has 0 spiro atoms. The van der Waals surface area contributed by atoms with E-state index in [-0.39, 0.29) is 0 Å². The van der Waals surface area contributed by atoms with Crippen molar-refractivity contribution in [2.45, 2.75) is 37.8 Å². The fraction of sp³-hybridized carbons (Fsp3) is 0.706. The van der Waals surface area contributed by atoms with Crippen LogP contribution in [0.25, 0.3) is 0 Å². The summed E-state index contributed by atoms with van der Waals surface area (Å²) in [6.07, 6.45) is 5.39. The number of rotatable bonds is 5. The minimum Gasteiger partial charge on any atom is -0.355 e. The van der Waals surface area contributed by atoms with Crippen molar-refractivity contribution in [3.8, 4) is 0 Å². The molecule has 4 nitrogen and oxygen atoms in total. The predicted octanol–water partition coefficient (Wildman–Crippen LogP) is 2.77. The third kappa shape index (κ3) is 4.43. The molecular formula is C17H28N4S2. The van der Waals surface area contributed by atoms with E-state index >= 15 is 0 Å². The van der Waals surface area contributed by atoms with E-state index < -0.39 is 0 Å². The van der Waals surface area contributed by atoms with Gasteiger partial charge in [-0.15, -0.1) is 11.3 Å². The second kappa shape index (κ2) is 8.40. The van der Waals surface area contributed by atoms with Crippen LogP contribution >= 0.6 is 23.1 Å². The van der Waals surface area contributed by atoms with Gasteiger partial charge in [0.25, 0.3) is 0 Å². The van der Waals surface area contributed by atoms with Crippen molar-refractivity contribution in [2.24, 2.45) is 4.99 Å². The van der Waals surface area contributed by atoms with Gasteiger partial charge in [0, 0.05) is 48.6 Å². The van der Waals surface area contributed by atoms with E-state index in [0.717, 1.165) is 19.0 Å². The van der Waals surface area contributed by atoms with Gasteiger partial charge in [0.2, 0.25) is 0 Å². The van der Waals surface area contributed by atoms with Crippen LogP contribution in [0, 0.1) is 0 Å². The van der Waals surface area contributed by atoms with E-state index in [2.05, 4.69) is 49.8 Å². The maximum absolute atomic E-state index is 4.40. The van der Waals surface area contributed by atoms with Crippen molar-refractivity contribution in [3.63, 3.8) is 0 Å². The SMILES string of the molecule is CN=C(NCc1cccs1)NCC1(N2CCSCC2)CCCC1. The number of aliphatic imine (C=N–C) groups is 1. The lowest BCUT2D eigenvalue weighted by Gasteiger charge is -2.43. The zero-order chi connectivity index (χ0) is 16.0. The molecule has 0 atom stereocenters. The second-order valence-corrected chi connectivity index (χ2v) is 8.65. The van der Waals surface area contributed by atoms with Gasteiger partial charge in [-0.25, -0.2) is 0 Å². The van der Waals surface area contributed by atoms with Crippen LogP contribution < -0.4 is 10.6 Å². The highest BCUT2D eigenvalue weighted by Gasteiger charge is 2.39. The van der Waals surface area contributed by atoms with Crippen molar-refractivity contribution < 1.29 is 0 Å². The number of nitrogens with zero attached hydrogens (tertiary/aromatic N) is 2. The highest BCUT2D eigenvalue weighted by atomic mass is 32.2. The summed E-state index contributed by atoms with van der Waals surface area (Å²) >= 11 is 3.88. The van der Waals surface area contributed by atoms with Crippen molar-refractivity contribution in [3.05, 3.63) is 22.4 Å². The van der Waals surface area contributed by atoms with E-state index in [0.29, 0.717) is 5.54 Å². The molecular weight excluding hydrogens is 324 g/mol. The predicted molar refractivity (Wildman–Crippen MR) is 103 cm³/mol. The first kappa shape index (κ1) is 17.1. The average molecular weight is 353 g/mol. The van der Waals surface area contributed by atoms with Crippen LogP contribution in [-0.2, 0) is 6.54 Å². The number of thiophene rings is 1. The molecule has 2 fully saturated rings. The van der Waals surface area contributed by atoms with Gasteiger partial charge in [0.1, 0.15) is 0 Å². The molecule has 2 N–H and O–H groups in total. The molecule has 23 heavy (non-hydrogen) atoms. The van der Waals surface area contributed by atoms with Gasteiger partial charge in [-0.2, -0.15) is 11.8 Å². The first-order chi connectivity index (χ1) is 11.3. The van der Waals surface area contributed by atoms with Crippen LogP contribution in [0.5, 0.6) is 0 Å². The molecule has 1 aliphatic heterocycles. The topological polar surface area (TPSA) is 39.7 Å². The number of hydrogen-bond donors (Lipinski definition) is 2. The molecule has 2 aliphatic rings. The Morgan fingerprint density at radius 2 is 2.04 bits per heavy atom. The molecule has 1 aliphatic carbocycles. The van der Waals surface area contributed by atoms with Crippen molar-refractivity contribution in [1.29, 1.82) is 0 Å². The molecule has 1 aromatic rings. The minimum atomic E-state index is 0.349. The van der Waals surface area contributed by atoms with E-state index in [9.17, 15) is 0 Å². The second-order valence-electron chi connectivity index (χ2n) is 6.39. The molecule has 0 unspecified atom stereocenters. The Bertz CT molecular complexity index is 489. The molecule has 0 aromatic carbocycles. The monoisotopic (exact) mass is 352 g/mol. The fourth-order valence-corrected chi connectivity index (χ4v) is 5.28. The van der Waals surface area contributed by atoms with E-state index in [4.69, 9.17) is 0 Å². The quantitative estimate of drug-likeness (QED) is 0.631. The third-order valence-electron chi connectivity index (χ3n) is 5.03. The fourth-order valence-electron chi connectivity index (χ4n) is 3.73. The minimum absolute atomic E-state index is 0.349. The maximum Gasteiger partial charge on any atom is 0.191 e. The lowest BCUT2D eigenvalue weighted by Crippen LogP contribution is -2.57. The summed E-state index contributed by atoms with van der Waals surface area (Å²) in [6.45, 7) is 4.35. The van der Waals surface area contributed by atoms with Gasteiger partial charge < -0.3 is 10.6 Å². The molecule has 6 heteroatoms. The van der Waals surface area contributed by atoms with Crippen molar-refractivity contribution >= 4 is 29.1 Å². The largest absolute Gasteiger partial charge is 0.355 e. The van der Waals surface area contributed by atoms with Crippen LogP contribution in [0.15, 0.2) is 22.5 Å². The number of thioether (sulfide) groups is 1. The summed E-state index contributed by atoms with van der Waals surface area (Å²) in [4.78, 5) is 8.49. The zero-order valence-electron chi connectivity index (χ0n) is 14.0. The molecule has 1 saturated heterocycles. The number of guanidine groups is 1. The van der Waals surface area contributed by atoms with Crippen LogP contribution in [0.1, 0.15) is 30.6 Å². The highest BCUT2D eigenvalue weighted by molar-refractivity contribution is 7.99. The lowest BCUT2D eigenvalue weighted by molar-refractivity contribution is 0.107. The Morgan fingerprint density at radius 1 is 1.26 bits per heavy atom. The summed E-state index contributed by atoms with van der Waals surface area (Å²) < 4.78 is 0. The smallest absolute Gasteiger partial charge is 0.191 e. The van der Waals surface area contributed by atoms with E-state index in [1.54, 1.807) is 11.3 Å². The summed E-state index contributed by atoms with van der Waals surface area (Å²) in [5.41, 5.74) is 0.349. The molecule has 2 heterocycles. The molecule has 1 aromatic heterocycles. The molecule has 3 rings (SSSR count). The molecule has 1 saturated carbocycles. The Kier molecular flexibility index (Phi) is 6.25. The zero-order valence-corrected chi connectivity index (χ0v) is 15.6. The maximum atomic E-state index is 4.40. The van der Waals surface area contributed by atoms with Crippen molar-refractivity contribution in [1.82, 2.24) is 15.5 Å². The third-order valence-corrected chi connectivity index (χ3v) is 6.85. The Labute approximate surface area is 148 Å².